The molecular weight excluding hydrogens is 298 g/mol. The van der Waals surface area contributed by atoms with Crippen LogP contribution >= 0.6 is 0 Å². The highest BCUT2D eigenvalue weighted by molar-refractivity contribution is 6.06. The first kappa shape index (κ1) is 14.7. The highest BCUT2D eigenvalue weighted by Gasteiger charge is 2.50. The minimum Gasteiger partial charge on any atom is -0.618 e. The molecule has 1 N–H and O–H groups in total. The molecule has 0 aromatic heterocycles. The predicted molar refractivity (Wildman–Crippen MR) is 94.3 cm³/mol. The predicted octanol–water partition coefficient (Wildman–Crippen LogP) is 3.76. The van der Waals surface area contributed by atoms with Crippen LogP contribution < -0.4 is 0 Å². The smallest absolute Gasteiger partial charge is 0.237 e. The van der Waals surface area contributed by atoms with E-state index in [0.29, 0.717) is 23.4 Å². The lowest BCUT2D eigenvalue weighted by Crippen LogP contribution is -2.37. The lowest BCUT2D eigenvalue weighted by atomic mass is 9.82. The Morgan fingerprint density at radius 3 is 2.08 bits per heavy atom. The topological polar surface area (TPSA) is 46.3 Å². The minimum absolute atomic E-state index is 0.355. The summed E-state index contributed by atoms with van der Waals surface area (Å²) in [6.45, 7) is 0. The van der Waals surface area contributed by atoms with Crippen molar-refractivity contribution in [2.24, 2.45) is 0 Å². The fourth-order valence-electron chi connectivity index (χ4n) is 3.44. The number of benzene rings is 3. The van der Waals surface area contributed by atoms with E-state index >= 15 is 0 Å². The molecule has 0 radical (unpaired) electrons. The first-order valence-electron chi connectivity index (χ1n) is 7.96. The standard InChI is InChI=1S/C21H17NO2/c23-21(15-16-9-3-1-4-10-16)18-13-7-8-14-19(18)22(24)20(21)17-11-5-2-6-12-17/h1-14,23H,15H2/t21-/m1/s1. The van der Waals surface area contributed by atoms with Crippen molar-refractivity contribution >= 4 is 11.4 Å². The Morgan fingerprint density at radius 1 is 0.792 bits per heavy atom. The maximum atomic E-state index is 12.9. The first-order valence-corrected chi connectivity index (χ1v) is 7.96. The van der Waals surface area contributed by atoms with Gasteiger partial charge in [-0.1, -0.05) is 60.7 Å². The van der Waals surface area contributed by atoms with Crippen molar-refractivity contribution < 1.29 is 9.85 Å². The van der Waals surface area contributed by atoms with E-state index < -0.39 is 5.60 Å². The second-order valence-corrected chi connectivity index (χ2v) is 6.05. The van der Waals surface area contributed by atoms with E-state index in [1.165, 1.54) is 0 Å². The van der Waals surface area contributed by atoms with Crippen molar-refractivity contribution in [3.05, 3.63) is 107 Å². The number of fused-ring (bicyclic) bond motifs is 1. The van der Waals surface area contributed by atoms with E-state index in [1.807, 2.05) is 78.9 Å². The zero-order chi connectivity index (χ0) is 16.6. The molecule has 0 fully saturated rings. The number of para-hydroxylation sites is 1. The molecule has 24 heavy (non-hydrogen) atoms. The Balaban J connectivity index is 1.91. The number of nitrogens with zero attached hydrogens (tertiary/aromatic N) is 1. The molecule has 3 aromatic rings. The molecule has 0 saturated heterocycles. The van der Waals surface area contributed by atoms with Crippen molar-refractivity contribution in [3.8, 4) is 0 Å². The summed E-state index contributed by atoms with van der Waals surface area (Å²) < 4.78 is 0.869. The van der Waals surface area contributed by atoms with Crippen LogP contribution in [0, 0.1) is 5.21 Å². The molecule has 4 rings (SSSR count). The summed E-state index contributed by atoms with van der Waals surface area (Å²) in [4.78, 5) is 0. The molecule has 3 nitrogen and oxygen atoms in total. The van der Waals surface area contributed by atoms with Gasteiger partial charge in [-0.05, 0) is 23.8 Å². The summed E-state index contributed by atoms with van der Waals surface area (Å²) in [5.74, 6) is 0. The third-order valence-corrected chi connectivity index (χ3v) is 4.51. The van der Waals surface area contributed by atoms with Gasteiger partial charge in [-0.25, -0.2) is 0 Å². The molecule has 118 valence electrons. The van der Waals surface area contributed by atoms with Crippen LogP contribution in [0.15, 0.2) is 84.9 Å². The second-order valence-electron chi connectivity index (χ2n) is 6.05. The van der Waals surface area contributed by atoms with E-state index in [9.17, 15) is 10.3 Å². The summed E-state index contributed by atoms with van der Waals surface area (Å²) in [6.07, 6.45) is 0.355. The summed E-state index contributed by atoms with van der Waals surface area (Å²) in [5.41, 5.74) is 1.92. The number of hydrogen-bond acceptors (Lipinski definition) is 2. The molecule has 1 aliphatic heterocycles. The van der Waals surface area contributed by atoms with Gasteiger partial charge < -0.3 is 10.3 Å². The average Bonchev–Trinajstić information content (AvgIpc) is 2.84. The third kappa shape index (κ3) is 2.22. The van der Waals surface area contributed by atoms with Crippen molar-refractivity contribution in [2.45, 2.75) is 12.0 Å². The highest BCUT2D eigenvalue weighted by Crippen LogP contribution is 2.41. The summed E-state index contributed by atoms with van der Waals surface area (Å²) >= 11 is 0. The van der Waals surface area contributed by atoms with Gasteiger partial charge in [0.1, 0.15) is 0 Å². The average molecular weight is 315 g/mol. The molecule has 1 aliphatic rings. The molecule has 3 aromatic carbocycles. The Bertz CT molecular complexity index is 903. The van der Waals surface area contributed by atoms with Crippen LogP contribution in [0.5, 0.6) is 0 Å². The van der Waals surface area contributed by atoms with E-state index in [2.05, 4.69) is 0 Å². The quantitative estimate of drug-likeness (QED) is 0.591. The highest BCUT2D eigenvalue weighted by atomic mass is 16.5. The molecule has 0 bridgehead atoms. The molecule has 0 unspecified atom stereocenters. The number of aliphatic hydroxyl groups is 1. The van der Waals surface area contributed by atoms with Gasteiger partial charge in [-0.2, -0.15) is 4.74 Å². The van der Waals surface area contributed by atoms with Crippen LogP contribution in [0.4, 0.5) is 5.69 Å². The molecule has 0 aliphatic carbocycles. The Morgan fingerprint density at radius 2 is 1.38 bits per heavy atom. The van der Waals surface area contributed by atoms with Crippen LogP contribution in [-0.4, -0.2) is 15.6 Å². The van der Waals surface area contributed by atoms with Gasteiger partial charge in [0.2, 0.25) is 11.4 Å². The van der Waals surface area contributed by atoms with Crippen LogP contribution in [0.3, 0.4) is 0 Å². The van der Waals surface area contributed by atoms with Crippen molar-refractivity contribution in [1.82, 2.24) is 0 Å². The third-order valence-electron chi connectivity index (χ3n) is 4.51. The lowest BCUT2D eigenvalue weighted by molar-refractivity contribution is -0.359. The number of rotatable bonds is 3. The number of hydrogen-bond donors (Lipinski definition) is 1. The molecule has 1 atom stereocenters. The SMILES string of the molecule is [O-][N+]1=C(c2ccccc2)[C@@](O)(Cc2ccccc2)c2ccccc21. The Kier molecular flexibility index (Phi) is 3.44. The van der Waals surface area contributed by atoms with Gasteiger partial charge in [-0.3, -0.25) is 0 Å². The van der Waals surface area contributed by atoms with Gasteiger partial charge in [0.25, 0.3) is 0 Å². The van der Waals surface area contributed by atoms with Crippen molar-refractivity contribution in [3.63, 3.8) is 0 Å². The normalized spacial score (nSPS) is 19.4. The van der Waals surface area contributed by atoms with Crippen LogP contribution in [0.1, 0.15) is 16.7 Å². The zero-order valence-corrected chi connectivity index (χ0v) is 13.1. The fourth-order valence-corrected chi connectivity index (χ4v) is 3.44. The first-order chi connectivity index (χ1) is 11.7. The van der Waals surface area contributed by atoms with E-state index in [0.717, 1.165) is 15.9 Å². The molecule has 0 amide bonds. The van der Waals surface area contributed by atoms with E-state index in [1.54, 1.807) is 6.07 Å². The largest absolute Gasteiger partial charge is 0.618 e. The van der Waals surface area contributed by atoms with Crippen molar-refractivity contribution in [1.29, 1.82) is 0 Å². The second kappa shape index (κ2) is 5.62. The van der Waals surface area contributed by atoms with Crippen LogP contribution in [-0.2, 0) is 12.0 Å². The molecule has 1 heterocycles. The fraction of sp³-hybridized carbons (Fsp3) is 0.0952. The minimum atomic E-state index is -1.35. The van der Waals surface area contributed by atoms with E-state index in [4.69, 9.17) is 0 Å². The van der Waals surface area contributed by atoms with Gasteiger partial charge in [0.05, 0.1) is 5.56 Å². The Hall–Kier alpha value is -2.91. The van der Waals surface area contributed by atoms with Gasteiger partial charge in [0, 0.05) is 18.1 Å². The monoisotopic (exact) mass is 315 g/mol. The van der Waals surface area contributed by atoms with Gasteiger partial charge in [-0.15, -0.1) is 0 Å². The molecule has 0 saturated carbocycles. The van der Waals surface area contributed by atoms with Crippen LogP contribution in [0.2, 0.25) is 0 Å². The summed E-state index contributed by atoms with van der Waals surface area (Å²) in [5, 5.41) is 24.5. The summed E-state index contributed by atoms with van der Waals surface area (Å²) in [6, 6.07) is 26.4. The van der Waals surface area contributed by atoms with Crippen molar-refractivity contribution in [2.75, 3.05) is 0 Å². The maximum absolute atomic E-state index is 12.9. The van der Waals surface area contributed by atoms with E-state index in [-0.39, 0.29) is 0 Å². The molecule has 3 heteroatoms. The molecule has 0 spiro atoms. The molecular formula is C21H17NO2. The maximum Gasteiger partial charge on any atom is 0.237 e. The van der Waals surface area contributed by atoms with Gasteiger partial charge >= 0.3 is 0 Å². The van der Waals surface area contributed by atoms with Gasteiger partial charge in [0.15, 0.2) is 5.60 Å². The van der Waals surface area contributed by atoms with Crippen LogP contribution in [0.25, 0.3) is 0 Å². The lowest BCUT2D eigenvalue weighted by Gasteiger charge is -2.22. The zero-order valence-electron chi connectivity index (χ0n) is 13.1. The Labute approximate surface area is 140 Å². The summed E-state index contributed by atoms with van der Waals surface area (Å²) in [7, 11) is 0.